The molecule has 0 spiro atoms. The minimum absolute atomic E-state index is 0.603. The van der Waals surface area contributed by atoms with Crippen molar-refractivity contribution in [1.29, 1.82) is 0 Å². The molecule has 0 aliphatic rings. The van der Waals surface area contributed by atoms with Crippen LogP contribution in [0.4, 0.5) is 0 Å². The van der Waals surface area contributed by atoms with E-state index < -0.39 is 0 Å². The number of hydrogen-bond donors (Lipinski definition) is 1. The van der Waals surface area contributed by atoms with E-state index in [2.05, 4.69) is 10.3 Å². The van der Waals surface area contributed by atoms with Crippen LogP contribution in [-0.2, 0) is 6.54 Å². The Morgan fingerprint density at radius 1 is 1.31 bits per heavy atom. The molecule has 0 unspecified atom stereocenters. The second-order valence-corrected chi connectivity index (χ2v) is 3.39. The maximum Gasteiger partial charge on any atom is 0.212 e. The van der Waals surface area contributed by atoms with Gasteiger partial charge in [0.1, 0.15) is 11.5 Å². The van der Waals surface area contributed by atoms with Gasteiger partial charge in [-0.1, -0.05) is 0 Å². The molecule has 4 nitrogen and oxygen atoms in total. The first-order valence-corrected chi connectivity index (χ1v) is 5.07. The third kappa shape index (κ3) is 2.23. The molecule has 0 saturated heterocycles. The normalized spacial score (nSPS) is 10.4. The smallest absolute Gasteiger partial charge is 0.212 e. The molecule has 0 fully saturated rings. The number of hydrogen-bond acceptors (Lipinski definition) is 4. The number of rotatable bonds is 4. The molecule has 84 valence electrons. The minimum Gasteiger partial charge on any atom is -0.481 e. The van der Waals surface area contributed by atoms with Crippen LogP contribution in [0, 0.1) is 0 Å². The first kappa shape index (κ1) is 10.7. The van der Waals surface area contributed by atoms with Crippen molar-refractivity contribution in [3.8, 4) is 17.2 Å². The maximum absolute atomic E-state index is 5.64. The second-order valence-electron chi connectivity index (χ2n) is 3.39. The average molecular weight is 218 g/mol. The van der Waals surface area contributed by atoms with Crippen LogP contribution in [-0.4, -0.2) is 19.1 Å². The van der Waals surface area contributed by atoms with E-state index in [1.807, 2.05) is 31.3 Å². The number of ether oxygens (including phenoxy) is 1. The Balaban J connectivity index is 2.21. The summed E-state index contributed by atoms with van der Waals surface area (Å²) in [5.74, 6) is 2.33. The van der Waals surface area contributed by atoms with E-state index in [4.69, 9.17) is 9.15 Å². The van der Waals surface area contributed by atoms with Crippen LogP contribution in [0.15, 0.2) is 34.9 Å². The lowest BCUT2D eigenvalue weighted by molar-refractivity contribution is 0.398. The molecule has 0 aromatic carbocycles. The zero-order chi connectivity index (χ0) is 11.4. The Morgan fingerprint density at radius 2 is 2.19 bits per heavy atom. The fourth-order valence-electron chi connectivity index (χ4n) is 1.45. The van der Waals surface area contributed by atoms with E-state index in [0.717, 1.165) is 23.6 Å². The molecule has 0 aliphatic heterocycles. The topological polar surface area (TPSA) is 47.3 Å². The van der Waals surface area contributed by atoms with E-state index in [1.165, 1.54) is 0 Å². The fourth-order valence-corrected chi connectivity index (χ4v) is 1.45. The Bertz CT molecular complexity index is 448. The van der Waals surface area contributed by atoms with Crippen LogP contribution in [0.2, 0.25) is 0 Å². The number of methoxy groups -OCH3 is 1. The highest BCUT2D eigenvalue weighted by Gasteiger charge is 2.04. The van der Waals surface area contributed by atoms with E-state index in [9.17, 15) is 0 Å². The highest BCUT2D eigenvalue weighted by Crippen LogP contribution is 2.22. The van der Waals surface area contributed by atoms with Gasteiger partial charge in [-0.15, -0.1) is 0 Å². The van der Waals surface area contributed by atoms with Gasteiger partial charge in [-0.05, 0) is 25.2 Å². The summed E-state index contributed by atoms with van der Waals surface area (Å²) in [5.41, 5.74) is 0.947. The Hall–Kier alpha value is -1.81. The van der Waals surface area contributed by atoms with Crippen LogP contribution < -0.4 is 10.1 Å². The minimum atomic E-state index is 0.603. The van der Waals surface area contributed by atoms with Crippen LogP contribution in [0.5, 0.6) is 5.88 Å². The van der Waals surface area contributed by atoms with Crippen LogP contribution in [0.25, 0.3) is 11.3 Å². The molecule has 0 bridgehead atoms. The summed E-state index contributed by atoms with van der Waals surface area (Å²) in [6, 6.07) is 7.63. The standard InChI is InChI=1S/C12H14N2O2/c1-13-8-10-4-5-11(16-10)9-3-6-12(15-2)14-7-9/h3-7,13H,8H2,1-2H3. The average Bonchev–Trinajstić information content (AvgIpc) is 2.78. The SMILES string of the molecule is CNCc1ccc(-c2ccc(OC)nc2)o1. The highest BCUT2D eigenvalue weighted by molar-refractivity contribution is 5.56. The third-order valence-corrected chi connectivity index (χ3v) is 2.24. The molecule has 0 saturated carbocycles. The predicted octanol–water partition coefficient (Wildman–Crippen LogP) is 2.07. The van der Waals surface area contributed by atoms with Crippen LogP contribution >= 0.6 is 0 Å². The van der Waals surface area contributed by atoms with Gasteiger partial charge in [-0.3, -0.25) is 0 Å². The Morgan fingerprint density at radius 3 is 2.81 bits per heavy atom. The first-order chi connectivity index (χ1) is 7.83. The van der Waals surface area contributed by atoms with Gasteiger partial charge >= 0.3 is 0 Å². The van der Waals surface area contributed by atoms with E-state index >= 15 is 0 Å². The molecule has 2 rings (SSSR count). The van der Waals surface area contributed by atoms with E-state index in [-0.39, 0.29) is 0 Å². The van der Waals surface area contributed by atoms with Crippen molar-refractivity contribution in [2.45, 2.75) is 6.54 Å². The lowest BCUT2D eigenvalue weighted by atomic mass is 10.2. The molecule has 1 N–H and O–H groups in total. The molecule has 2 aromatic heterocycles. The number of nitrogens with one attached hydrogen (secondary N) is 1. The maximum atomic E-state index is 5.64. The zero-order valence-corrected chi connectivity index (χ0v) is 9.36. The van der Waals surface area contributed by atoms with Gasteiger partial charge < -0.3 is 14.5 Å². The van der Waals surface area contributed by atoms with Gasteiger partial charge in [-0.2, -0.15) is 0 Å². The summed E-state index contributed by atoms with van der Waals surface area (Å²) < 4.78 is 10.6. The number of pyridine rings is 1. The van der Waals surface area contributed by atoms with Crippen molar-refractivity contribution >= 4 is 0 Å². The van der Waals surface area contributed by atoms with Crippen molar-refractivity contribution in [2.75, 3.05) is 14.2 Å². The van der Waals surface area contributed by atoms with Crippen LogP contribution in [0.3, 0.4) is 0 Å². The molecule has 0 aliphatic carbocycles. The third-order valence-electron chi connectivity index (χ3n) is 2.24. The molecular weight excluding hydrogens is 204 g/mol. The molecule has 4 heteroatoms. The molecule has 0 radical (unpaired) electrons. The number of nitrogens with zero attached hydrogens (tertiary/aromatic N) is 1. The molecule has 0 amide bonds. The molecular formula is C12H14N2O2. The van der Waals surface area contributed by atoms with Crippen molar-refractivity contribution in [3.05, 3.63) is 36.2 Å². The fraction of sp³-hybridized carbons (Fsp3) is 0.250. The molecule has 2 heterocycles. The summed E-state index contributed by atoms with van der Waals surface area (Å²) in [6.45, 7) is 0.726. The lowest BCUT2D eigenvalue weighted by Gasteiger charge is -1.99. The largest absolute Gasteiger partial charge is 0.481 e. The summed E-state index contributed by atoms with van der Waals surface area (Å²) in [7, 11) is 3.48. The monoisotopic (exact) mass is 218 g/mol. The molecule has 0 atom stereocenters. The van der Waals surface area contributed by atoms with Gasteiger partial charge in [-0.25, -0.2) is 4.98 Å². The lowest BCUT2D eigenvalue weighted by Crippen LogP contribution is -2.03. The molecule has 2 aromatic rings. The Labute approximate surface area is 94.3 Å². The van der Waals surface area contributed by atoms with Gasteiger partial charge in [0.25, 0.3) is 0 Å². The molecule has 16 heavy (non-hydrogen) atoms. The zero-order valence-electron chi connectivity index (χ0n) is 9.36. The van der Waals surface area contributed by atoms with Gasteiger partial charge in [0.05, 0.1) is 13.7 Å². The van der Waals surface area contributed by atoms with Crippen molar-refractivity contribution in [2.24, 2.45) is 0 Å². The summed E-state index contributed by atoms with van der Waals surface area (Å²) in [5, 5.41) is 3.04. The number of aromatic nitrogens is 1. The van der Waals surface area contributed by atoms with E-state index in [0.29, 0.717) is 5.88 Å². The van der Waals surface area contributed by atoms with Gasteiger partial charge in [0, 0.05) is 17.8 Å². The van der Waals surface area contributed by atoms with Crippen molar-refractivity contribution in [1.82, 2.24) is 10.3 Å². The van der Waals surface area contributed by atoms with Crippen LogP contribution in [0.1, 0.15) is 5.76 Å². The van der Waals surface area contributed by atoms with Crippen molar-refractivity contribution < 1.29 is 9.15 Å². The van der Waals surface area contributed by atoms with Gasteiger partial charge in [0.15, 0.2) is 0 Å². The quantitative estimate of drug-likeness (QED) is 0.853. The summed E-state index contributed by atoms with van der Waals surface area (Å²) >= 11 is 0. The Kier molecular flexibility index (Phi) is 3.22. The summed E-state index contributed by atoms with van der Waals surface area (Å²) in [4.78, 5) is 4.13. The summed E-state index contributed by atoms with van der Waals surface area (Å²) in [6.07, 6.45) is 1.74. The van der Waals surface area contributed by atoms with Gasteiger partial charge in [0.2, 0.25) is 5.88 Å². The highest BCUT2D eigenvalue weighted by atomic mass is 16.5. The second kappa shape index (κ2) is 4.81. The predicted molar refractivity (Wildman–Crippen MR) is 61.3 cm³/mol. The first-order valence-electron chi connectivity index (χ1n) is 5.07. The van der Waals surface area contributed by atoms with Crippen molar-refractivity contribution in [3.63, 3.8) is 0 Å². The number of furan rings is 1. The van der Waals surface area contributed by atoms with E-state index in [1.54, 1.807) is 13.3 Å².